The molecule has 0 amide bonds. The molecule has 0 heterocycles. The molecule has 0 aliphatic rings. The number of rotatable bonds is 3. The molecule has 3 aromatic carbocycles. The van der Waals surface area contributed by atoms with Gasteiger partial charge in [0.15, 0.2) is 0 Å². The van der Waals surface area contributed by atoms with E-state index in [2.05, 4.69) is 6.92 Å². The zero-order valence-electron chi connectivity index (χ0n) is 12.7. The minimum atomic E-state index is -0.532. The Morgan fingerprint density at radius 1 is 1.00 bits per heavy atom. The summed E-state index contributed by atoms with van der Waals surface area (Å²) in [5.41, 5.74) is 2.18. The number of fused-ring (bicyclic) bond motifs is 1. The van der Waals surface area contributed by atoms with Crippen molar-refractivity contribution in [2.75, 3.05) is 0 Å². The van der Waals surface area contributed by atoms with E-state index in [4.69, 9.17) is 5.26 Å². The van der Waals surface area contributed by atoms with E-state index < -0.39 is 5.82 Å². The molecule has 1 nitrogen and oxygen atoms in total. The maximum absolute atomic E-state index is 14.3. The lowest BCUT2D eigenvalue weighted by Crippen LogP contribution is -1.91. The molecule has 3 heteroatoms. The first-order chi connectivity index (χ1) is 11.1. The van der Waals surface area contributed by atoms with Crippen LogP contribution in [0, 0.1) is 23.0 Å². The van der Waals surface area contributed by atoms with Crippen molar-refractivity contribution in [2.24, 2.45) is 0 Å². The second kappa shape index (κ2) is 6.18. The monoisotopic (exact) mass is 307 g/mol. The van der Waals surface area contributed by atoms with Gasteiger partial charge in [-0.25, -0.2) is 8.78 Å². The summed E-state index contributed by atoms with van der Waals surface area (Å²) in [7, 11) is 0. The Morgan fingerprint density at radius 2 is 1.83 bits per heavy atom. The molecule has 0 saturated heterocycles. The SMILES string of the molecule is CCCc1ccc(-c2ccc3c(F)c(C#N)ccc3c2)c(F)c1. The number of nitriles is 1. The largest absolute Gasteiger partial charge is 0.206 e. The molecule has 0 aliphatic carbocycles. The molecular weight excluding hydrogens is 292 g/mol. The van der Waals surface area contributed by atoms with E-state index in [-0.39, 0.29) is 11.4 Å². The number of halogens is 2. The highest BCUT2D eigenvalue weighted by Crippen LogP contribution is 2.29. The highest BCUT2D eigenvalue weighted by molar-refractivity contribution is 5.89. The predicted molar refractivity (Wildman–Crippen MR) is 88.0 cm³/mol. The summed E-state index contributed by atoms with van der Waals surface area (Å²) in [6, 6.07) is 15.2. The summed E-state index contributed by atoms with van der Waals surface area (Å²) in [5, 5.41) is 9.90. The zero-order valence-corrected chi connectivity index (χ0v) is 12.7. The van der Waals surface area contributed by atoms with Crippen molar-refractivity contribution in [1.82, 2.24) is 0 Å². The lowest BCUT2D eigenvalue weighted by atomic mass is 9.98. The van der Waals surface area contributed by atoms with Crippen LogP contribution in [0.4, 0.5) is 8.78 Å². The zero-order chi connectivity index (χ0) is 16.4. The van der Waals surface area contributed by atoms with Crippen molar-refractivity contribution >= 4 is 10.8 Å². The van der Waals surface area contributed by atoms with Gasteiger partial charge in [0, 0.05) is 10.9 Å². The van der Waals surface area contributed by atoms with Crippen molar-refractivity contribution in [3.05, 3.63) is 71.3 Å². The van der Waals surface area contributed by atoms with E-state index in [1.807, 2.05) is 12.1 Å². The quantitative estimate of drug-likeness (QED) is 0.617. The fourth-order valence-corrected chi connectivity index (χ4v) is 2.78. The molecular formula is C20H15F2N. The van der Waals surface area contributed by atoms with Gasteiger partial charge in [-0.3, -0.25) is 0 Å². The molecule has 0 saturated carbocycles. The van der Waals surface area contributed by atoms with Gasteiger partial charge in [-0.15, -0.1) is 0 Å². The summed E-state index contributed by atoms with van der Waals surface area (Å²) >= 11 is 0. The number of nitrogens with zero attached hydrogens (tertiary/aromatic N) is 1. The third-order valence-corrected chi connectivity index (χ3v) is 3.96. The van der Waals surface area contributed by atoms with Crippen molar-refractivity contribution in [2.45, 2.75) is 19.8 Å². The van der Waals surface area contributed by atoms with Crippen LogP contribution in [0.1, 0.15) is 24.5 Å². The number of benzene rings is 3. The summed E-state index contributed by atoms with van der Waals surface area (Å²) in [5.74, 6) is -0.806. The van der Waals surface area contributed by atoms with Crippen molar-refractivity contribution in [3.63, 3.8) is 0 Å². The molecule has 0 aromatic heterocycles. The minimum absolute atomic E-state index is 0.0142. The summed E-state index contributed by atoms with van der Waals surface area (Å²) < 4.78 is 28.5. The normalized spacial score (nSPS) is 10.7. The molecule has 0 fully saturated rings. The van der Waals surface area contributed by atoms with Crippen LogP contribution in [0.25, 0.3) is 21.9 Å². The van der Waals surface area contributed by atoms with E-state index in [9.17, 15) is 8.78 Å². The number of hydrogen-bond acceptors (Lipinski definition) is 1. The van der Waals surface area contributed by atoms with E-state index >= 15 is 0 Å². The lowest BCUT2D eigenvalue weighted by molar-refractivity contribution is 0.628. The molecule has 0 spiro atoms. The van der Waals surface area contributed by atoms with E-state index in [0.29, 0.717) is 21.9 Å². The van der Waals surface area contributed by atoms with Crippen LogP contribution in [0.3, 0.4) is 0 Å². The molecule has 0 bridgehead atoms. The van der Waals surface area contributed by atoms with E-state index in [1.165, 1.54) is 6.07 Å². The average molecular weight is 307 g/mol. The summed E-state index contributed by atoms with van der Waals surface area (Å²) in [6.07, 6.45) is 1.81. The molecule has 0 atom stereocenters. The Bertz CT molecular complexity index is 923. The molecule has 0 unspecified atom stereocenters. The van der Waals surface area contributed by atoms with Gasteiger partial charge in [0.1, 0.15) is 17.7 Å². The molecule has 23 heavy (non-hydrogen) atoms. The Labute approximate surface area is 133 Å². The van der Waals surface area contributed by atoms with Crippen LogP contribution in [-0.2, 0) is 6.42 Å². The Balaban J connectivity index is 2.09. The van der Waals surface area contributed by atoms with Crippen molar-refractivity contribution in [1.29, 1.82) is 5.26 Å². The van der Waals surface area contributed by atoms with Crippen LogP contribution < -0.4 is 0 Å². The molecule has 3 aromatic rings. The highest BCUT2D eigenvalue weighted by atomic mass is 19.1. The van der Waals surface area contributed by atoms with Crippen LogP contribution in [0.15, 0.2) is 48.5 Å². The standard InChI is InChI=1S/C20H15F2N/c1-2-3-13-4-8-17(19(21)10-13)14-7-9-18-15(11-14)5-6-16(12-23)20(18)22/h4-11H,2-3H2,1H3. The first-order valence-electron chi connectivity index (χ1n) is 7.55. The molecule has 0 N–H and O–H groups in total. The Kier molecular flexibility index (Phi) is 4.08. The van der Waals surface area contributed by atoms with E-state index in [1.54, 1.807) is 36.4 Å². The van der Waals surface area contributed by atoms with E-state index in [0.717, 1.165) is 18.4 Å². The lowest BCUT2D eigenvalue weighted by Gasteiger charge is -2.08. The van der Waals surface area contributed by atoms with Gasteiger partial charge in [-0.05, 0) is 41.1 Å². The minimum Gasteiger partial charge on any atom is -0.206 e. The van der Waals surface area contributed by atoms with Gasteiger partial charge >= 0.3 is 0 Å². The maximum atomic E-state index is 14.3. The Morgan fingerprint density at radius 3 is 2.52 bits per heavy atom. The second-order valence-corrected chi connectivity index (χ2v) is 5.54. The summed E-state index contributed by atoms with van der Waals surface area (Å²) in [6.45, 7) is 2.05. The number of aryl methyl sites for hydroxylation is 1. The fourth-order valence-electron chi connectivity index (χ4n) is 2.78. The maximum Gasteiger partial charge on any atom is 0.148 e. The predicted octanol–water partition coefficient (Wildman–Crippen LogP) is 5.61. The van der Waals surface area contributed by atoms with Gasteiger partial charge in [-0.2, -0.15) is 5.26 Å². The first kappa shape index (κ1) is 15.2. The number of hydrogen-bond donors (Lipinski definition) is 0. The summed E-state index contributed by atoms with van der Waals surface area (Å²) in [4.78, 5) is 0. The molecule has 0 radical (unpaired) electrons. The van der Waals surface area contributed by atoms with Crippen LogP contribution in [0.2, 0.25) is 0 Å². The smallest absolute Gasteiger partial charge is 0.148 e. The van der Waals surface area contributed by atoms with Crippen LogP contribution in [0.5, 0.6) is 0 Å². The third-order valence-electron chi connectivity index (χ3n) is 3.96. The van der Waals surface area contributed by atoms with Crippen molar-refractivity contribution in [3.8, 4) is 17.2 Å². The Hall–Kier alpha value is -2.73. The van der Waals surface area contributed by atoms with Gasteiger partial charge in [-0.1, -0.05) is 43.7 Å². The van der Waals surface area contributed by atoms with Gasteiger partial charge in [0.05, 0.1) is 5.56 Å². The molecule has 3 rings (SSSR count). The van der Waals surface area contributed by atoms with Gasteiger partial charge in [0.2, 0.25) is 0 Å². The molecule has 114 valence electrons. The third kappa shape index (κ3) is 2.80. The fraction of sp³-hybridized carbons (Fsp3) is 0.150. The van der Waals surface area contributed by atoms with Gasteiger partial charge in [0.25, 0.3) is 0 Å². The highest BCUT2D eigenvalue weighted by Gasteiger charge is 2.10. The first-order valence-corrected chi connectivity index (χ1v) is 7.55. The van der Waals surface area contributed by atoms with Crippen LogP contribution >= 0.6 is 0 Å². The van der Waals surface area contributed by atoms with Crippen LogP contribution in [-0.4, -0.2) is 0 Å². The second-order valence-electron chi connectivity index (χ2n) is 5.54. The average Bonchev–Trinajstić information content (AvgIpc) is 2.55. The topological polar surface area (TPSA) is 23.8 Å². The van der Waals surface area contributed by atoms with Crippen molar-refractivity contribution < 1.29 is 8.78 Å². The van der Waals surface area contributed by atoms with Gasteiger partial charge < -0.3 is 0 Å². The molecule has 0 aliphatic heterocycles.